The first-order valence-corrected chi connectivity index (χ1v) is 7.09. The quantitative estimate of drug-likeness (QED) is 0.837. The minimum atomic E-state index is -0.215. The van der Waals surface area contributed by atoms with Crippen molar-refractivity contribution in [3.8, 4) is 0 Å². The molecule has 1 unspecified atom stereocenters. The van der Waals surface area contributed by atoms with Crippen LogP contribution in [0.15, 0.2) is 24.3 Å². The Hall–Kier alpha value is -1.17. The van der Waals surface area contributed by atoms with Gasteiger partial charge in [0.25, 0.3) is 0 Å². The molecule has 0 bridgehead atoms. The van der Waals surface area contributed by atoms with Gasteiger partial charge in [-0.25, -0.2) is 4.39 Å². The molecule has 4 nitrogen and oxygen atoms in total. The Kier molecular flexibility index (Phi) is 7.64. The van der Waals surface area contributed by atoms with E-state index >= 15 is 0 Å². The standard InChI is InChI=1S/C15H22FN3O.ClH/c1-19(11-12-4-6-13(16)7-5-12)10-9-18-15(20)14-3-2-8-17-14;/h4-7,14,17H,2-3,8-11H2,1H3,(H,18,20);1H. The molecule has 6 heteroatoms. The lowest BCUT2D eigenvalue weighted by Crippen LogP contribution is -2.42. The molecule has 2 rings (SSSR count). The number of nitrogens with one attached hydrogen (secondary N) is 2. The zero-order chi connectivity index (χ0) is 14.4. The topological polar surface area (TPSA) is 44.4 Å². The molecule has 0 aliphatic carbocycles. The molecular formula is C15H23ClFN3O. The second kappa shape index (κ2) is 8.97. The molecule has 0 saturated carbocycles. The monoisotopic (exact) mass is 315 g/mol. The maximum Gasteiger partial charge on any atom is 0.237 e. The van der Waals surface area contributed by atoms with Crippen LogP contribution in [0.25, 0.3) is 0 Å². The van der Waals surface area contributed by atoms with E-state index in [2.05, 4.69) is 15.5 Å². The predicted molar refractivity (Wildman–Crippen MR) is 84.0 cm³/mol. The van der Waals surface area contributed by atoms with Crippen LogP contribution in [0.5, 0.6) is 0 Å². The fraction of sp³-hybridized carbons (Fsp3) is 0.533. The second-order valence-corrected chi connectivity index (χ2v) is 5.30. The molecule has 0 spiro atoms. The van der Waals surface area contributed by atoms with Crippen molar-refractivity contribution in [1.29, 1.82) is 0 Å². The zero-order valence-corrected chi connectivity index (χ0v) is 13.1. The van der Waals surface area contributed by atoms with Gasteiger partial charge < -0.3 is 15.5 Å². The number of likely N-dealkylation sites (N-methyl/N-ethyl adjacent to an activating group) is 1. The lowest BCUT2D eigenvalue weighted by molar-refractivity contribution is -0.122. The number of benzene rings is 1. The molecule has 1 aliphatic heterocycles. The highest BCUT2D eigenvalue weighted by Gasteiger charge is 2.21. The number of carbonyl (C=O) groups excluding carboxylic acids is 1. The minimum Gasteiger partial charge on any atom is -0.353 e. The van der Waals surface area contributed by atoms with Crippen LogP contribution in [-0.2, 0) is 11.3 Å². The third-order valence-corrected chi connectivity index (χ3v) is 3.54. The molecule has 1 atom stereocenters. The van der Waals surface area contributed by atoms with Crippen molar-refractivity contribution < 1.29 is 9.18 Å². The van der Waals surface area contributed by atoms with Gasteiger partial charge >= 0.3 is 0 Å². The molecule has 21 heavy (non-hydrogen) atoms. The van der Waals surface area contributed by atoms with Crippen LogP contribution in [0.2, 0.25) is 0 Å². The van der Waals surface area contributed by atoms with Crippen molar-refractivity contribution in [2.45, 2.75) is 25.4 Å². The molecule has 1 fully saturated rings. The maximum atomic E-state index is 12.8. The molecule has 0 radical (unpaired) electrons. The molecule has 1 amide bonds. The summed E-state index contributed by atoms with van der Waals surface area (Å²) in [6.07, 6.45) is 2.00. The smallest absolute Gasteiger partial charge is 0.237 e. The van der Waals surface area contributed by atoms with E-state index in [9.17, 15) is 9.18 Å². The third kappa shape index (κ3) is 5.99. The predicted octanol–water partition coefficient (Wildman–Crippen LogP) is 1.55. The van der Waals surface area contributed by atoms with Crippen molar-refractivity contribution in [2.24, 2.45) is 0 Å². The molecule has 2 N–H and O–H groups in total. The van der Waals surface area contributed by atoms with Crippen LogP contribution >= 0.6 is 12.4 Å². The van der Waals surface area contributed by atoms with E-state index in [0.717, 1.165) is 38.0 Å². The van der Waals surface area contributed by atoms with Crippen LogP contribution in [0.4, 0.5) is 4.39 Å². The fourth-order valence-corrected chi connectivity index (χ4v) is 2.38. The molecule has 1 aromatic carbocycles. The number of carbonyl (C=O) groups is 1. The number of amides is 1. The van der Waals surface area contributed by atoms with Gasteiger partial charge in [0.1, 0.15) is 5.82 Å². The Morgan fingerprint density at radius 3 is 2.76 bits per heavy atom. The van der Waals surface area contributed by atoms with Crippen LogP contribution in [0.1, 0.15) is 18.4 Å². The summed E-state index contributed by atoms with van der Waals surface area (Å²) in [7, 11) is 1.99. The number of nitrogens with zero attached hydrogens (tertiary/aromatic N) is 1. The lowest BCUT2D eigenvalue weighted by Gasteiger charge is -2.18. The lowest BCUT2D eigenvalue weighted by atomic mass is 10.2. The van der Waals surface area contributed by atoms with Gasteiger partial charge in [0.05, 0.1) is 6.04 Å². The maximum absolute atomic E-state index is 12.8. The molecule has 118 valence electrons. The third-order valence-electron chi connectivity index (χ3n) is 3.54. The van der Waals surface area contributed by atoms with E-state index in [0.29, 0.717) is 6.54 Å². The number of hydrogen-bond acceptors (Lipinski definition) is 3. The normalized spacial score (nSPS) is 17.6. The van der Waals surface area contributed by atoms with E-state index in [-0.39, 0.29) is 30.2 Å². The van der Waals surface area contributed by atoms with E-state index in [1.54, 1.807) is 12.1 Å². The zero-order valence-electron chi connectivity index (χ0n) is 12.3. The SMILES string of the molecule is CN(CCNC(=O)C1CCCN1)Cc1ccc(F)cc1.Cl. The number of halogens is 2. The van der Waals surface area contributed by atoms with E-state index in [4.69, 9.17) is 0 Å². The van der Waals surface area contributed by atoms with Crippen molar-refractivity contribution in [3.05, 3.63) is 35.6 Å². The Balaban J connectivity index is 0.00000220. The van der Waals surface area contributed by atoms with Gasteiger partial charge in [0.15, 0.2) is 0 Å². The van der Waals surface area contributed by atoms with E-state index in [1.807, 2.05) is 7.05 Å². The van der Waals surface area contributed by atoms with Gasteiger partial charge in [-0.05, 0) is 44.1 Å². The van der Waals surface area contributed by atoms with Crippen molar-refractivity contribution in [1.82, 2.24) is 15.5 Å². The highest BCUT2D eigenvalue weighted by atomic mass is 35.5. The van der Waals surface area contributed by atoms with Crippen LogP contribution in [-0.4, -0.2) is 43.5 Å². The largest absolute Gasteiger partial charge is 0.353 e. The highest BCUT2D eigenvalue weighted by Crippen LogP contribution is 2.06. The summed E-state index contributed by atoms with van der Waals surface area (Å²) < 4.78 is 12.8. The Morgan fingerprint density at radius 2 is 2.14 bits per heavy atom. The van der Waals surface area contributed by atoms with Gasteiger partial charge in [-0.2, -0.15) is 0 Å². The van der Waals surface area contributed by atoms with E-state index < -0.39 is 0 Å². The average Bonchev–Trinajstić information content (AvgIpc) is 2.95. The average molecular weight is 316 g/mol. The first-order valence-electron chi connectivity index (χ1n) is 7.09. The number of hydrogen-bond donors (Lipinski definition) is 2. The summed E-state index contributed by atoms with van der Waals surface area (Å²) in [4.78, 5) is 13.9. The Morgan fingerprint density at radius 1 is 1.43 bits per heavy atom. The summed E-state index contributed by atoms with van der Waals surface area (Å²) in [5.41, 5.74) is 1.07. The van der Waals surface area contributed by atoms with Crippen LogP contribution in [0.3, 0.4) is 0 Å². The van der Waals surface area contributed by atoms with Crippen molar-refractivity contribution in [2.75, 3.05) is 26.7 Å². The van der Waals surface area contributed by atoms with E-state index in [1.165, 1.54) is 12.1 Å². The van der Waals surface area contributed by atoms with Gasteiger partial charge in [-0.1, -0.05) is 12.1 Å². The first-order chi connectivity index (χ1) is 9.65. The molecule has 1 aromatic rings. The number of rotatable bonds is 6. The minimum absolute atomic E-state index is 0. The molecule has 0 aromatic heterocycles. The highest BCUT2D eigenvalue weighted by molar-refractivity contribution is 5.85. The summed E-state index contributed by atoms with van der Waals surface area (Å²) in [6, 6.07) is 6.49. The van der Waals surface area contributed by atoms with Crippen molar-refractivity contribution in [3.63, 3.8) is 0 Å². The van der Waals surface area contributed by atoms with Crippen LogP contribution < -0.4 is 10.6 Å². The summed E-state index contributed by atoms with van der Waals surface area (Å²) in [6.45, 7) is 3.09. The fourth-order valence-electron chi connectivity index (χ4n) is 2.38. The van der Waals surface area contributed by atoms with Gasteiger partial charge in [-0.3, -0.25) is 4.79 Å². The molecule has 1 saturated heterocycles. The van der Waals surface area contributed by atoms with Crippen LogP contribution in [0, 0.1) is 5.82 Å². The summed E-state index contributed by atoms with van der Waals surface area (Å²) in [5, 5.41) is 6.13. The van der Waals surface area contributed by atoms with Gasteiger partial charge in [0, 0.05) is 19.6 Å². The molecule has 1 heterocycles. The first kappa shape index (κ1) is 17.9. The second-order valence-electron chi connectivity index (χ2n) is 5.30. The Bertz CT molecular complexity index is 435. The summed E-state index contributed by atoms with van der Waals surface area (Å²) >= 11 is 0. The van der Waals surface area contributed by atoms with Gasteiger partial charge in [-0.15, -0.1) is 12.4 Å². The summed E-state index contributed by atoms with van der Waals surface area (Å²) in [5.74, 6) is -0.120. The molecule has 1 aliphatic rings. The van der Waals surface area contributed by atoms with Crippen molar-refractivity contribution >= 4 is 18.3 Å². The Labute approximate surface area is 131 Å². The molecular weight excluding hydrogens is 293 g/mol. The van der Waals surface area contributed by atoms with Gasteiger partial charge in [0.2, 0.25) is 5.91 Å².